The van der Waals surface area contributed by atoms with Crippen molar-refractivity contribution in [2.24, 2.45) is 0 Å². The van der Waals surface area contributed by atoms with Crippen molar-refractivity contribution in [1.82, 2.24) is 9.13 Å². The second-order valence-corrected chi connectivity index (χ2v) is 42.8. The van der Waals surface area contributed by atoms with Crippen molar-refractivity contribution in [3.05, 3.63) is 330 Å². The third-order valence-electron chi connectivity index (χ3n) is 28.7. The third-order valence-corrected chi connectivity index (χ3v) is 28.7. The zero-order valence-electron chi connectivity index (χ0n) is 74.8. The summed E-state index contributed by atoms with van der Waals surface area (Å²) in [6, 6.07) is 113. The first-order valence-corrected chi connectivity index (χ1v) is 44.5. The van der Waals surface area contributed by atoms with Gasteiger partial charge in [0, 0.05) is 61.4 Å². The van der Waals surface area contributed by atoms with Gasteiger partial charge in [0.15, 0.2) is 0 Å². The molecule has 0 saturated heterocycles. The Labute approximate surface area is 719 Å². The van der Waals surface area contributed by atoms with Gasteiger partial charge in [-0.1, -0.05) is 320 Å². The summed E-state index contributed by atoms with van der Waals surface area (Å²) in [5.74, 6) is 0. The van der Waals surface area contributed by atoms with Crippen LogP contribution in [0.1, 0.15) is 209 Å². The van der Waals surface area contributed by atoms with Crippen LogP contribution in [0, 0.1) is 0 Å². The van der Waals surface area contributed by atoms with Gasteiger partial charge < -0.3 is 18.9 Å². The summed E-state index contributed by atoms with van der Waals surface area (Å²) in [5, 5.41) is 4.95. The molecular formula is C116H115BN4. The first-order valence-electron chi connectivity index (χ1n) is 44.5. The van der Waals surface area contributed by atoms with Gasteiger partial charge in [-0.05, 0) is 289 Å². The molecule has 0 amide bonds. The lowest BCUT2D eigenvalue weighted by molar-refractivity contribution is 0.332. The molecule has 2 aliphatic heterocycles. The number of fused-ring (bicyclic) bond motifs is 12. The van der Waals surface area contributed by atoms with Crippen LogP contribution in [-0.4, -0.2) is 15.8 Å². The topological polar surface area (TPSA) is 16.3 Å². The SMILES string of the molecule is CC(C)(C)c1cc(-c2ccc3c(c2)N(c2ccc(-c4ccc5c(c4)C(C)(C)CCC5(C)C)cc2)c2cc(-n4c5ccc(-c6ccccc6)cc5c5cc(-c6ccccc6)ccc54)cc4c2B3c2ccc(-n3c5ccc(C(C)(C)C)cc5c5cc(C(C)(C)C)ccc53)cc2N4c2ccc(-c3ccc4c(c3)C(C)(C)CCC4(C)C)cc2)cc(C(C)(C)C)c1. The van der Waals surface area contributed by atoms with Crippen molar-refractivity contribution in [3.63, 3.8) is 0 Å². The second-order valence-electron chi connectivity index (χ2n) is 42.8. The van der Waals surface area contributed by atoms with Crippen molar-refractivity contribution in [3.8, 4) is 67.0 Å². The highest BCUT2D eigenvalue weighted by molar-refractivity contribution is 7.00. The molecule has 2 aromatic heterocycles. The van der Waals surface area contributed by atoms with E-state index >= 15 is 0 Å². The molecule has 4 aliphatic rings. The predicted octanol–water partition coefficient (Wildman–Crippen LogP) is 30.2. The molecule has 0 fully saturated rings. The molecule has 0 radical (unpaired) electrons. The highest BCUT2D eigenvalue weighted by atomic mass is 15.2. The standard InChI is InChI=1S/C116H115BN4/c1-109(2,3)82-40-53-102-92(67-82)93-68-83(110(4,5)6)41-54-103(93)120(102)88-46-50-99-105(69-88)119(87-44-33-75(34-45-87)79-36-48-95-97(64-79)116(19,20)58-56-114(95,15)16)107-71-89(121-100-51-38-76(72-27-23-21-24-28-72)61-90(100)91-62-77(39-52-101(91)121)73-29-25-22-26-30-73)70-106-108(107)117(99)98-49-37-80(81-59-84(111(7,8)9)66-85(60-81)112(10,11)12)65-104(98)118(106)86-42-31-74(32-43-86)78-35-47-94-96(63-78)115(17,18)57-55-113(94,13)14/h21-54,59-71H,55-58H2,1-20H3. The summed E-state index contributed by atoms with van der Waals surface area (Å²) in [6.07, 6.45) is 4.67. The van der Waals surface area contributed by atoms with Crippen LogP contribution in [0.3, 0.4) is 0 Å². The normalized spacial score (nSPS) is 15.9. The molecule has 0 spiro atoms. The number of rotatable bonds is 9. The lowest BCUT2D eigenvalue weighted by Gasteiger charge is -2.45. The Bertz CT molecular complexity index is 6710. The molecule has 0 bridgehead atoms. The van der Waals surface area contributed by atoms with Crippen LogP contribution in [0.5, 0.6) is 0 Å². The van der Waals surface area contributed by atoms with Crippen molar-refractivity contribution in [2.45, 2.75) is 207 Å². The molecular weight excluding hydrogens is 1460 g/mol. The highest BCUT2D eigenvalue weighted by Gasteiger charge is 2.46. The maximum Gasteiger partial charge on any atom is 0.252 e. The molecule has 0 atom stereocenters. The highest BCUT2D eigenvalue weighted by Crippen LogP contribution is 2.53. The molecule has 20 rings (SSSR count). The Morgan fingerprint density at radius 1 is 0.231 bits per heavy atom. The molecule has 2 aliphatic carbocycles. The molecule has 4 heterocycles. The summed E-state index contributed by atoms with van der Waals surface area (Å²) in [7, 11) is 0. The van der Waals surface area contributed by atoms with Crippen molar-refractivity contribution < 1.29 is 0 Å². The minimum absolute atomic E-state index is 0.0563. The smallest absolute Gasteiger partial charge is 0.252 e. The van der Waals surface area contributed by atoms with E-state index in [1.165, 1.54) is 168 Å². The molecule has 14 aromatic carbocycles. The van der Waals surface area contributed by atoms with E-state index in [1.54, 1.807) is 0 Å². The van der Waals surface area contributed by atoms with Crippen LogP contribution < -0.4 is 26.2 Å². The van der Waals surface area contributed by atoms with Crippen LogP contribution in [0.25, 0.3) is 111 Å². The number of hydrogen-bond donors (Lipinski definition) is 0. The number of anilines is 6. The Morgan fingerprint density at radius 3 is 0.967 bits per heavy atom. The number of hydrogen-bond acceptors (Lipinski definition) is 2. The summed E-state index contributed by atoms with van der Waals surface area (Å²) >= 11 is 0. The second kappa shape index (κ2) is 27.4. The fourth-order valence-electron chi connectivity index (χ4n) is 20.9. The van der Waals surface area contributed by atoms with Crippen LogP contribution >= 0.6 is 0 Å². The van der Waals surface area contributed by atoms with Crippen molar-refractivity contribution >= 4 is 101 Å². The van der Waals surface area contributed by atoms with E-state index in [0.29, 0.717) is 0 Å². The van der Waals surface area contributed by atoms with Gasteiger partial charge in [0.25, 0.3) is 6.71 Å². The van der Waals surface area contributed by atoms with E-state index in [0.717, 1.165) is 63.7 Å². The fraction of sp³-hybridized carbons (Fsp3) is 0.276. The third kappa shape index (κ3) is 13.1. The molecule has 4 nitrogen and oxygen atoms in total. The Kier molecular flexibility index (Phi) is 17.7. The largest absolute Gasteiger partial charge is 0.311 e. The molecule has 16 aromatic rings. The zero-order chi connectivity index (χ0) is 84.3. The lowest BCUT2D eigenvalue weighted by atomic mass is 9.33. The molecule has 602 valence electrons. The number of nitrogens with zero attached hydrogens (tertiary/aromatic N) is 4. The predicted molar refractivity (Wildman–Crippen MR) is 522 cm³/mol. The molecule has 0 N–H and O–H groups in total. The van der Waals surface area contributed by atoms with E-state index in [1.807, 2.05) is 0 Å². The van der Waals surface area contributed by atoms with Gasteiger partial charge in [-0.3, -0.25) is 0 Å². The van der Waals surface area contributed by atoms with Crippen LogP contribution in [0.4, 0.5) is 34.1 Å². The van der Waals surface area contributed by atoms with E-state index in [9.17, 15) is 0 Å². The van der Waals surface area contributed by atoms with Gasteiger partial charge in [-0.2, -0.15) is 0 Å². The zero-order valence-corrected chi connectivity index (χ0v) is 74.8. The maximum atomic E-state index is 2.67. The van der Waals surface area contributed by atoms with Crippen LogP contribution in [-0.2, 0) is 43.3 Å². The Morgan fingerprint density at radius 2 is 0.545 bits per heavy atom. The Hall–Kier alpha value is -11.7. The molecule has 5 heteroatoms. The number of benzene rings is 14. The van der Waals surface area contributed by atoms with Crippen LogP contribution in [0.15, 0.2) is 285 Å². The first-order chi connectivity index (χ1) is 57.4. The quantitative estimate of drug-likeness (QED) is 0.134. The minimum Gasteiger partial charge on any atom is -0.311 e. The molecule has 0 unspecified atom stereocenters. The van der Waals surface area contributed by atoms with Gasteiger partial charge in [-0.25, -0.2) is 0 Å². The summed E-state index contributed by atoms with van der Waals surface area (Å²) < 4.78 is 5.17. The minimum atomic E-state index is -0.211. The average molecular weight is 1580 g/mol. The Balaban J connectivity index is 0.896. The van der Waals surface area contributed by atoms with Gasteiger partial charge in [0.2, 0.25) is 0 Å². The molecule has 0 saturated carbocycles. The first kappa shape index (κ1) is 77.9. The van der Waals surface area contributed by atoms with Gasteiger partial charge in [-0.15, -0.1) is 0 Å². The van der Waals surface area contributed by atoms with Gasteiger partial charge >= 0.3 is 0 Å². The van der Waals surface area contributed by atoms with Crippen molar-refractivity contribution in [1.29, 1.82) is 0 Å². The van der Waals surface area contributed by atoms with Crippen molar-refractivity contribution in [2.75, 3.05) is 9.80 Å². The maximum absolute atomic E-state index is 2.67. The average Bonchev–Trinajstić information content (AvgIpc) is 1.57. The van der Waals surface area contributed by atoms with E-state index in [4.69, 9.17) is 0 Å². The monoisotopic (exact) mass is 1570 g/mol. The van der Waals surface area contributed by atoms with E-state index in [2.05, 4.69) is 443 Å². The van der Waals surface area contributed by atoms with Crippen LogP contribution in [0.2, 0.25) is 0 Å². The van der Waals surface area contributed by atoms with E-state index < -0.39 is 0 Å². The molecule has 121 heavy (non-hydrogen) atoms. The van der Waals surface area contributed by atoms with Gasteiger partial charge in [0.1, 0.15) is 0 Å². The summed E-state index contributed by atoms with van der Waals surface area (Å²) in [6.45, 7) is 47.6. The fourth-order valence-corrected chi connectivity index (χ4v) is 20.9. The van der Waals surface area contributed by atoms with E-state index in [-0.39, 0.29) is 50.0 Å². The lowest BCUT2D eigenvalue weighted by Crippen LogP contribution is -2.61. The summed E-state index contributed by atoms with van der Waals surface area (Å²) in [5.41, 5.74) is 40.8. The summed E-state index contributed by atoms with van der Waals surface area (Å²) in [4.78, 5) is 5.34. The van der Waals surface area contributed by atoms with Gasteiger partial charge in [0.05, 0.1) is 27.8 Å². The number of aromatic nitrogens is 2.